The van der Waals surface area contributed by atoms with E-state index in [9.17, 15) is 0 Å². The number of anilines is 1. The highest BCUT2D eigenvalue weighted by atomic mass is 16.5. The van der Waals surface area contributed by atoms with E-state index in [0.29, 0.717) is 5.70 Å². The van der Waals surface area contributed by atoms with Gasteiger partial charge in [0.05, 0.1) is 11.4 Å². The number of para-hydroxylation sites is 1. The van der Waals surface area contributed by atoms with Gasteiger partial charge < -0.3 is 10.5 Å². The Morgan fingerprint density at radius 2 is 1.90 bits per heavy atom. The lowest BCUT2D eigenvalue weighted by molar-refractivity contribution is 0.321. The summed E-state index contributed by atoms with van der Waals surface area (Å²) in [4.78, 5) is 8.08. The molecule has 0 bridgehead atoms. The van der Waals surface area contributed by atoms with Crippen LogP contribution in [0.15, 0.2) is 48.6 Å². The molecule has 21 heavy (non-hydrogen) atoms. The SMILES string of the molecule is Cc1cnc(OC/C(N)=C/N(N)c2ccccc2C)nc1. The average molecular weight is 285 g/mol. The van der Waals surface area contributed by atoms with Gasteiger partial charge in [-0.3, -0.25) is 5.01 Å². The maximum Gasteiger partial charge on any atom is 0.316 e. The lowest BCUT2D eigenvalue weighted by atomic mass is 10.2. The Labute approximate surface area is 124 Å². The second-order valence-electron chi connectivity index (χ2n) is 4.73. The molecule has 0 aliphatic carbocycles. The van der Waals surface area contributed by atoms with Crippen molar-refractivity contribution in [2.75, 3.05) is 11.6 Å². The minimum Gasteiger partial charge on any atom is -0.457 e. The minimum atomic E-state index is 0.169. The van der Waals surface area contributed by atoms with Gasteiger partial charge >= 0.3 is 6.01 Å². The summed E-state index contributed by atoms with van der Waals surface area (Å²) in [5, 5.41) is 1.48. The summed E-state index contributed by atoms with van der Waals surface area (Å²) in [5.74, 6) is 5.98. The molecule has 0 aliphatic rings. The largest absolute Gasteiger partial charge is 0.457 e. The van der Waals surface area contributed by atoms with Gasteiger partial charge in [0.1, 0.15) is 6.61 Å². The Hall–Kier alpha value is -2.60. The van der Waals surface area contributed by atoms with Crippen molar-refractivity contribution in [2.24, 2.45) is 11.6 Å². The normalized spacial score (nSPS) is 11.3. The Kier molecular flexibility index (Phi) is 4.73. The molecule has 0 spiro atoms. The quantitative estimate of drug-likeness (QED) is 0.641. The maximum absolute atomic E-state index is 5.98. The number of rotatable bonds is 5. The average Bonchev–Trinajstić information content (AvgIpc) is 2.47. The van der Waals surface area contributed by atoms with Crippen molar-refractivity contribution < 1.29 is 4.74 Å². The summed E-state index contributed by atoms with van der Waals surface area (Å²) >= 11 is 0. The van der Waals surface area contributed by atoms with E-state index in [0.717, 1.165) is 16.8 Å². The molecule has 6 heteroatoms. The van der Waals surface area contributed by atoms with E-state index in [4.69, 9.17) is 16.3 Å². The van der Waals surface area contributed by atoms with Crippen LogP contribution in [0.1, 0.15) is 11.1 Å². The Balaban J connectivity index is 1.97. The standard InChI is InChI=1S/C15H19N5O/c1-11-7-18-15(19-8-11)21-10-13(16)9-20(17)14-6-4-3-5-12(14)2/h3-9H,10,16-17H2,1-2H3/b13-9-. The molecular formula is C15H19N5O. The number of ether oxygens (including phenoxy) is 1. The Morgan fingerprint density at radius 1 is 1.24 bits per heavy atom. The first kappa shape index (κ1) is 14.8. The van der Waals surface area contributed by atoms with Crippen molar-refractivity contribution in [2.45, 2.75) is 13.8 Å². The lowest BCUT2D eigenvalue weighted by Crippen LogP contribution is -2.27. The van der Waals surface area contributed by atoms with E-state index in [-0.39, 0.29) is 12.6 Å². The molecule has 1 aromatic carbocycles. The van der Waals surface area contributed by atoms with E-state index in [1.54, 1.807) is 18.6 Å². The van der Waals surface area contributed by atoms with Gasteiger partial charge in [-0.2, -0.15) is 0 Å². The predicted molar refractivity (Wildman–Crippen MR) is 82.4 cm³/mol. The van der Waals surface area contributed by atoms with Gasteiger partial charge in [-0.1, -0.05) is 18.2 Å². The smallest absolute Gasteiger partial charge is 0.316 e. The van der Waals surface area contributed by atoms with Crippen LogP contribution < -0.4 is 21.3 Å². The highest BCUT2D eigenvalue weighted by Crippen LogP contribution is 2.16. The van der Waals surface area contributed by atoms with Crippen molar-refractivity contribution in [3.63, 3.8) is 0 Å². The molecule has 0 radical (unpaired) electrons. The zero-order valence-corrected chi connectivity index (χ0v) is 12.2. The molecule has 1 aromatic heterocycles. The maximum atomic E-state index is 5.98. The van der Waals surface area contributed by atoms with Crippen LogP contribution in [0, 0.1) is 13.8 Å². The van der Waals surface area contributed by atoms with Crippen molar-refractivity contribution in [1.82, 2.24) is 9.97 Å². The third kappa shape index (κ3) is 4.19. The number of nitrogens with two attached hydrogens (primary N) is 2. The number of hydrogen-bond donors (Lipinski definition) is 2. The molecule has 0 unspecified atom stereocenters. The fourth-order valence-electron chi connectivity index (χ4n) is 1.74. The zero-order chi connectivity index (χ0) is 15.2. The van der Waals surface area contributed by atoms with Crippen LogP contribution in [0.25, 0.3) is 0 Å². The number of aryl methyl sites for hydroxylation is 2. The summed E-state index contributed by atoms with van der Waals surface area (Å²) in [6, 6.07) is 8.07. The minimum absolute atomic E-state index is 0.169. The molecule has 0 atom stereocenters. The summed E-state index contributed by atoms with van der Waals surface area (Å²) in [7, 11) is 0. The van der Waals surface area contributed by atoms with E-state index in [1.165, 1.54) is 5.01 Å². The molecule has 2 rings (SSSR count). The number of hydrazine groups is 1. The van der Waals surface area contributed by atoms with Gasteiger partial charge in [-0.25, -0.2) is 15.8 Å². The first-order chi connectivity index (χ1) is 10.1. The molecule has 0 saturated heterocycles. The molecule has 0 amide bonds. The molecular weight excluding hydrogens is 266 g/mol. The molecule has 4 N–H and O–H groups in total. The van der Waals surface area contributed by atoms with Crippen LogP contribution in [0.3, 0.4) is 0 Å². The van der Waals surface area contributed by atoms with Crippen LogP contribution >= 0.6 is 0 Å². The topological polar surface area (TPSA) is 90.3 Å². The van der Waals surface area contributed by atoms with E-state index >= 15 is 0 Å². The molecule has 0 saturated carbocycles. The third-order valence-corrected chi connectivity index (χ3v) is 2.82. The van der Waals surface area contributed by atoms with Gasteiger partial charge in [-0.05, 0) is 31.0 Å². The van der Waals surface area contributed by atoms with Crippen LogP contribution in [0.5, 0.6) is 6.01 Å². The molecule has 0 fully saturated rings. The van der Waals surface area contributed by atoms with E-state index < -0.39 is 0 Å². The van der Waals surface area contributed by atoms with Gasteiger partial charge in [0.25, 0.3) is 0 Å². The summed E-state index contributed by atoms with van der Waals surface area (Å²) in [6.07, 6.45) is 4.99. The molecule has 0 aliphatic heterocycles. The van der Waals surface area contributed by atoms with Gasteiger partial charge in [0, 0.05) is 18.6 Å². The van der Waals surface area contributed by atoms with Crippen LogP contribution in [-0.2, 0) is 0 Å². The first-order valence-corrected chi connectivity index (χ1v) is 6.53. The fourth-order valence-corrected chi connectivity index (χ4v) is 1.74. The molecule has 110 valence electrons. The zero-order valence-electron chi connectivity index (χ0n) is 12.2. The monoisotopic (exact) mass is 285 g/mol. The number of benzene rings is 1. The lowest BCUT2D eigenvalue weighted by Gasteiger charge is -2.17. The van der Waals surface area contributed by atoms with Crippen LogP contribution in [0.4, 0.5) is 5.69 Å². The van der Waals surface area contributed by atoms with Crippen LogP contribution in [-0.4, -0.2) is 16.6 Å². The third-order valence-electron chi connectivity index (χ3n) is 2.82. The van der Waals surface area contributed by atoms with Crippen molar-refractivity contribution in [3.05, 3.63) is 59.7 Å². The van der Waals surface area contributed by atoms with Crippen molar-refractivity contribution >= 4 is 5.69 Å². The second-order valence-corrected chi connectivity index (χ2v) is 4.73. The number of hydrogen-bond acceptors (Lipinski definition) is 6. The van der Waals surface area contributed by atoms with Gasteiger partial charge in [-0.15, -0.1) is 0 Å². The summed E-state index contributed by atoms with van der Waals surface area (Å²) in [5.41, 5.74) is 9.29. The van der Waals surface area contributed by atoms with Crippen molar-refractivity contribution in [1.29, 1.82) is 0 Å². The number of nitrogens with zero attached hydrogens (tertiary/aromatic N) is 3. The summed E-state index contributed by atoms with van der Waals surface area (Å²) < 4.78 is 5.39. The summed E-state index contributed by atoms with van der Waals surface area (Å²) in [6.45, 7) is 4.06. The second kappa shape index (κ2) is 6.71. The fraction of sp³-hybridized carbons (Fsp3) is 0.200. The highest BCUT2D eigenvalue weighted by molar-refractivity contribution is 5.53. The van der Waals surface area contributed by atoms with Crippen molar-refractivity contribution in [3.8, 4) is 6.01 Å². The Bertz CT molecular complexity index is 624. The van der Waals surface area contributed by atoms with Gasteiger partial charge in [0.2, 0.25) is 0 Å². The predicted octanol–water partition coefficient (Wildman–Crippen LogP) is 1.65. The highest BCUT2D eigenvalue weighted by Gasteiger charge is 2.04. The van der Waals surface area contributed by atoms with E-state index in [1.807, 2.05) is 38.1 Å². The number of aromatic nitrogens is 2. The van der Waals surface area contributed by atoms with Gasteiger partial charge in [0.15, 0.2) is 0 Å². The molecule has 6 nitrogen and oxygen atoms in total. The van der Waals surface area contributed by atoms with E-state index in [2.05, 4.69) is 9.97 Å². The Morgan fingerprint density at radius 3 is 2.57 bits per heavy atom. The molecule has 2 aromatic rings. The van der Waals surface area contributed by atoms with Crippen LogP contribution in [0.2, 0.25) is 0 Å². The first-order valence-electron chi connectivity index (χ1n) is 6.53. The molecule has 1 heterocycles.